The lowest BCUT2D eigenvalue weighted by Crippen LogP contribution is -2.71. The molecule has 2 fully saturated rings. The van der Waals surface area contributed by atoms with Gasteiger partial charge in [-0.2, -0.15) is 0 Å². The van der Waals surface area contributed by atoms with Crippen LogP contribution in [0, 0.1) is 28.1 Å². The van der Waals surface area contributed by atoms with E-state index in [1.807, 2.05) is 47.6 Å². The number of Topliss-reactive ketones (excluding diaryl/α,β-unsaturated/α-hetero) is 2. The Hall–Kier alpha value is -1.50. The van der Waals surface area contributed by atoms with E-state index in [-0.39, 0.29) is 29.5 Å². The Kier molecular flexibility index (Phi) is 8.54. The molecule has 1 spiro atoms. The molecule has 1 heterocycles. The Balaban J connectivity index is 2.36. The van der Waals surface area contributed by atoms with Crippen molar-refractivity contribution in [1.82, 2.24) is 0 Å². The highest BCUT2D eigenvalue weighted by Gasteiger charge is 2.77. The normalized spacial score (nSPS) is 31.2. The van der Waals surface area contributed by atoms with E-state index in [0.717, 1.165) is 12.0 Å². The average Bonchev–Trinajstić information content (AvgIpc) is 3.15. The number of rotatable bonds is 9. The summed E-state index contributed by atoms with van der Waals surface area (Å²) < 4.78 is 13.4. The van der Waals surface area contributed by atoms with Gasteiger partial charge in [0.1, 0.15) is 17.3 Å². The number of allylic oxidation sites excluding steroid dienone is 6. The zero-order valence-corrected chi connectivity index (χ0v) is 27.9. The van der Waals surface area contributed by atoms with E-state index in [0.29, 0.717) is 30.6 Å². The molecule has 1 saturated carbocycles. The minimum absolute atomic E-state index is 0.0193. The number of hydrogen-bond acceptors (Lipinski definition) is 5. The van der Waals surface area contributed by atoms with Crippen molar-refractivity contribution in [3.63, 3.8) is 0 Å². The first kappa shape index (κ1) is 32.0. The van der Waals surface area contributed by atoms with Crippen LogP contribution in [0.5, 0.6) is 0 Å². The van der Waals surface area contributed by atoms with Crippen LogP contribution in [0.2, 0.25) is 19.6 Å². The van der Waals surface area contributed by atoms with Crippen LogP contribution in [0.15, 0.2) is 34.6 Å². The van der Waals surface area contributed by atoms with Crippen molar-refractivity contribution < 1.29 is 23.9 Å². The molecule has 2 bridgehead atoms. The molecule has 5 nitrogen and oxygen atoms in total. The number of ketones is 2. The van der Waals surface area contributed by atoms with Crippen LogP contribution in [-0.4, -0.2) is 42.8 Å². The number of aliphatic hydroxyl groups excluding tert-OH is 1. The summed E-state index contributed by atoms with van der Waals surface area (Å²) in [6.45, 7) is 26.7. The molecule has 1 saturated heterocycles. The summed E-state index contributed by atoms with van der Waals surface area (Å²) in [4.78, 5) is 29.9. The van der Waals surface area contributed by atoms with Gasteiger partial charge < -0.3 is 14.3 Å². The Morgan fingerprint density at radius 3 is 2.13 bits per heavy atom. The van der Waals surface area contributed by atoms with Crippen molar-refractivity contribution in [2.24, 2.45) is 28.1 Å². The molecule has 3 aliphatic rings. The van der Waals surface area contributed by atoms with Crippen molar-refractivity contribution in [2.45, 2.75) is 132 Å². The summed E-state index contributed by atoms with van der Waals surface area (Å²) in [6, 6.07) is 0. The van der Waals surface area contributed by atoms with Gasteiger partial charge in [-0.05, 0) is 97.7 Å². The van der Waals surface area contributed by atoms with E-state index in [2.05, 4.69) is 53.4 Å². The van der Waals surface area contributed by atoms with Crippen molar-refractivity contribution in [3.8, 4) is 0 Å². The molecule has 220 valence electrons. The largest absolute Gasteiger partial charge is 0.490 e. The smallest absolute Gasteiger partial charge is 0.184 e. The molecule has 6 heteroatoms. The Bertz CT molecular complexity index is 1090. The highest BCUT2D eigenvalue weighted by molar-refractivity contribution is 6.69. The van der Waals surface area contributed by atoms with Crippen LogP contribution >= 0.6 is 0 Å². The number of fused-ring (bicyclic) bond motifs is 1. The van der Waals surface area contributed by atoms with Gasteiger partial charge in [-0.15, -0.1) is 0 Å². The highest BCUT2D eigenvalue weighted by Crippen LogP contribution is 2.69. The summed E-state index contributed by atoms with van der Waals surface area (Å²) in [5.74, 6) is -0.0648. The maximum Gasteiger partial charge on any atom is 0.184 e. The molecular weight excluding hydrogens is 504 g/mol. The summed E-state index contributed by atoms with van der Waals surface area (Å²) in [6.07, 6.45) is 5.03. The third-order valence-electron chi connectivity index (χ3n) is 9.50. The van der Waals surface area contributed by atoms with Crippen molar-refractivity contribution in [2.75, 3.05) is 0 Å². The van der Waals surface area contributed by atoms with Crippen LogP contribution in [0.25, 0.3) is 0 Å². The van der Waals surface area contributed by atoms with E-state index in [4.69, 9.17) is 9.16 Å². The molecule has 39 heavy (non-hydrogen) atoms. The van der Waals surface area contributed by atoms with Crippen LogP contribution in [0.1, 0.15) is 94.9 Å². The standard InChI is InChI=1S/C33H54O5Si/c1-20(2)14-16-23-18-32-19-25(31(9,10)38-39(11,12)13)37-28(32)24(17-15-21(3)4)27(35)33(29(32)36,30(23,7)8)26(34)22(5)6/h14-15,22-23,25-26,34H,16-19H2,1-13H3/t23-,25-,26?,32-,33-/m1/s1. The van der Waals surface area contributed by atoms with Crippen molar-refractivity contribution in [1.29, 1.82) is 0 Å². The van der Waals surface area contributed by atoms with Gasteiger partial charge in [-0.3, -0.25) is 9.59 Å². The molecule has 3 rings (SSSR count). The maximum absolute atomic E-state index is 15.1. The number of carbonyl (C=O) groups is 2. The fourth-order valence-electron chi connectivity index (χ4n) is 7.57. The minimum Gasteiger partial charge on any atom is -0.490 e. The first-order chi connectivity index (χ1) is 17.6. The second kappa shape index (κ2) is 10.4. The number of ether oxygens (including phenoxy) is 1. The molecule has 1 aliphatic heterocycles. The molecule has 1 unspecified atom stereocenters. The molecule has 1 N–H and O–H groups in total. The summed E-state index contributed by atoms with van der Waals surface area (Å²) in [5, 5.41) is 12.0. The zero-order chi connectivity index (χ0) is 29.9. The zero-order valence-electron chi connectivity index (χ0n) is 26.9. The Morgan fingerprint density at radius 2 is 1.64 bits per heavy atom. The van der Waals surface area contributed by atoms with E-state index in [1.165, 1.54) is 5.57 Å². The molecule has 0 aromatic rings. The molecule has 0 aromatic heterocycles. The van der Waals surface area contributed by atoms with E-state index in [9.17, 15) is 9.90 Å². The first-order valence-corrected chi connectivity index (χ1v) is 18.2. The molecule has 2 aliphatic carbocycles. The molecule has 5 atom stereocenters. The van der Waals surface area contributed by atoms with Crippen molar-refractivity contribution in [3.05, 3.63) is 34.6 Å². The number of hydrogen-bond donors (Lipinski definition) is 1. The van der Waals surface area contributed by atoms with Gasteiger partial charge in [0, 0.05) is 12.0 Å². The lowest BCUT2D eigenvalue weighted by molar-refractivity contribution is -0.188. The second-order valence-corrected chi connectivity index (χ2v) is 19.7. The molecule has 0 aromatic carbocycles. The van der Waals surface area contributed by atoms with Gasteiger partial charge in [0.25, 0.3) is 0 Å². The number of aliphatic hydroxyl groups is 1. The minimum atomic E-state index is -1.94. The number of carbonyl (C=O) groups excluding carboxylic acids is 2. The summed E-state index contributed by atoms with van der Waals surface area (Å²) >= 11 is 0. The predicted octanol–water partition coefficient (Wildman–Crippen LogP) is 7.56. The predicted molar refractivity (Wildman–Crippen MR) is 161 cm³/mol. The highest BCUT2D eigenvalue weighted by atomic mass is 28.4. The van der Waals surface area contributed by atoms with E-state index < -0.39 is 36.3 Å². The Labute approximate surface area is 238 Å². The van der Waals surface area contributed by atoms with E-state index >= 15 is 4.79 Å². The van der Waals surface area contributed by atoms with Gasteiger partial charge in [0.05, 0.1) is 17.1 Å². The third kappa shape index (κ3) is 5.19. The van der Waals surface area contributed by atoms with Crippen molar-refractivity contribution >= 4 is 19.9 Å². The van der Waals surface area contributed by atoms with Crippen LogP contribution in [0.3, 0.4) is 0 Å². The summed E-state index contributed by atoms with van der Waals surface area (Å²) in [5.41, 5.74) is -0.980. The third-order valence-corrected chi connectivity index (χ3v) is 10.6. The molecule has 0 amide bonds. The van der Waals surface area contributed by atoms with Gasteiger partial charge in [-0.25, -0.2) is 0 Å². The SMILES string of the molecule is CC(C)=CCC1=C2O[C@@H](C(C)(C)O[Si](C)(C)C)C[C@]23C[C@@H](CC=C(C)C)C(C)(C)[C@](C(O)C(C)C)(C1=O)C3=O. The fourth-order valence-corrected chi connectivity index (χ4v) is 9.28. The summed E-state index contributed by atoms with van der Waals surface area (Å²) in [7, 11) is -1.94. The van der Waals surface area contributed by atoms with Crippen LogP contribution < -0.4 is 0 Å². The molecule has 0 radical (unpaired) electrons. The maximum atomic E-state index is 15.1. The molecular formula is C33H54O5Si. The van der Waals surface area contributed by atoms with Gasteiger partial charge in [0.2, 0.25) is 0 Å². The first-order valence-electron chi connectivity index (χ1n) is 14.8. The van der Waals surface area contributed by atoms with Crippen LogP contribution in [-0.2, 0) is 18.8 Å². The Morgan fingerprint density at radius 1 is 1.08 bits per heavy atom. The van der Waals surface area contributed by atoms with Gasteiger partial charge in [0.15, 0.2) is 19.9 Å². The monoisotopic (exact) mass is 558 g/mol. The van der Waals surface area contributed by atoms with Gasteiger partial charge in [-0.1, -0.05) is 51.0 Å². The van der Waals surface area contributed by atoms with E-state index in [1.54, 1.807) is 0 Å². The second-order valence-electron chi connectivity index (χ2n) is 15.3. The lowest BCUT2D eigenvalue weighted by atomic mass is 9.39. The average molecular weight is 559 g/mol. The van der Waals surface area contributed by atoms with Crippen LogP contribution in [0.4, 0.5) is 0 Å². The quantitative estimate of drug-likeness (QED) is 0.180. The lowest BCUT2D eigenvalue weighted by Gasteiger charge is -2.61. The fraction of sp³-hybridized carbons (Fsp3) is 0.758. The topological polar surface area (TPSA) is 72.8 Å². The van der Waals surface area contributed by atoms with Gasteiger partial charge >= 0.3 is 0 Å².